The Bertz CT molecular complexity index is 1510. The van der Waals surface area contributed by atoms with Crippen LogP contribution in [0.15, 0.2) is 73.4 Å². The van der Waals surface area contributed by atoms with E-state index in [2.05, 4.69) is 71.0 Å². The smallest absolute Gasteiger partial charge is 0.245 e. The maximum atomic E-state index is 11.9. The van der Waals surface area contributed by atoms with Crippen molar-refractivity contribution in [1.29, 1.82) is 0 Å². The minimum Gasteiger partial charge on any atom is -0.339 e. The highest BCUT2D eigenvalue weighted by molar-refractivity contribution is 5.87. The number of aromatic nitrogens is 3. The predicted octanol–water partition coefficient (Wildman–Crippen LogP) is 5.69. The lowest BCUT2D eigenvalue weighted by molar-refractivity contribution is -0.127. The van der Waals surface area contributed by atoms with Crippen molar-refractivity contribution >= 4 is 11.6 Å². The van der Waals surface area contributed by atoms with Crippen molar-refractivity contribution in [3.05, 3.63) is 90.1 Å². The molecule has 0 bridgehead atoms. The Kier molecular flexibility index (Phi) is 5.85. The van der Waals surface area contributed by atoms with Gasteiger partial charge < -0.3 is 10.2 Å². The van der Waals surface area contributed by atoms with Crippen molar-refractivity contribution in [2.45, 2.75) is 56.5 Å². The quantitative estimate of drug-likeness (QED) is 0.343. The fourth-order valence-electron chi connectivity index (χ4n) is 6.35. The number of hydrogen-bond acceptors (Lipinski definition) is 4. The van der Waals surface area contributed by atoms with Gasteiger partial charge in [-0.2, -0.15) is 5.10 Å². The molecule has 3 aliphatic rings. The molecule has 1 saturated carbocycles. The van der Waals surface area contributed by atoms with Crippen molar-refractivity contribution < 1.29 is 4.79 Å². The number of imidazole rings is 1. The Morgan fingerprint density at radius 1 is 0.947 bits per heavy atom. The summed E-state index contributed by atoms with van der Waals surface area (Å²) in [4.78, 5) is 19.1. The van der Waals surface area contributed by atoms with E-state index < -0.39 is 0 Å². The number of likely N-dealkylation sites (tertiary alicyclic amines) is 1. The largest absolute Gasteiger partial charge is 0.339 e. The van der Waals surface area contributed by atoms with Crippen LogP contribution in [0.1, 0.15) is 60.8 Å². The Hall–Kier alpha value is -3.77. The maximum absolute atomic E-state index is 11.9. The summed E-state index contributed by atoms with van der Waals surface area (Å²) in [5.74, 6) is 0.649. The summed E-state index contributed by atoms with van der Waals surface area (Å²) in [5.41, 5.74) is 9.49. The third kappa shape index (κ3) is 4.13. The number of hydrogen-bond donors (Lipinski definition) is 1. The lowest BCUT2D eigenvalue weighted by Crippen LogP contribution is -2.45. The van der Waals surface area contributed by atoms with Crippen molar-refractivity contribution in [2.75, 3.05) is 13.1 Å². The zero-order chi connectivity index (χ0) is 25.6. The molecular weight excluding hydrogens is 470 g/mol. The molecule has 3 heterocycles. The van der Waals surface area contributed by atoms with Crippen LogP contribution >= 0.6 is 0 Å². The first-order valence-corrected chi connectivity index (χ1v) is 13.9. The SMILES string of the molecule is C=CC(=O)N1CCC(N[C@H]2CCc3cc(-c4nc5c(C6CC6)ccnn5c4-c4ccccc4)ccc32)CC1. The predicted molar refractivity (Wildman–Crippen MR) is 150 cm³/mol. The van der Waals surface area contributed by atoms with E-state index in [1.807, 2.05) is 11.1 Å². The van der Waals surface area contributed by atoms with Gasteiger partial charge in [-0.05, 0) is 73.8 Å². The highest BCUT2D eigenvalue weighted by Crippen LogP contribution is 2.44. The molecule has 2 aromatic heterocycles. The van der Waals surface area contributed by atoms with Crippen LogP contribution in [-0.2, 0) is 11.2 Å². The molecule has 4 aromatic rings. The molecule has 6 nitrogen and oxygen atoms in total. The number of carbonyl (C=O) groups is 1. The number of amides is 1. The number of aryl methyl sites for hydroxylation is 1. The highest BCUT2D eigenvalue weighted by atomic mass is 16.2. The summed E-state index contributed by atoms with van der Waals surface area (Å²) >= 11 is 0. The van der Waals surface area contributed by atoms with Crippen molar-refractivity contribution in [1.82, 2.24) is 24.8 Å². The van der Waals surface area contributed by atoms with Gasteiger partial charge in [0.2, 0.25) is 5.91 Å². The van der Waals surface area contributed by atoms with Gasteiger partial charge >= 0.3 is 0 Å². The normalized spacial score (nSPS) is 19.6. The standard InChI is InChI=1S/C32H33N5O/c1-2-29(38)36-18-15-25(16-19-36)34-28-13-11-23-20-24(10-12-26(23)28)30-31(22-6-4-3-5-7-22)37-32(35-30)27(14-17-33-37)21-8-9-21/h2-7,10,12,14,17,20-21,25,28,34H,1,8-9,11,13,15-16,18-19H2/t28-/m0/s1. The average molecular weight is 504 g/mol. The van der Waals surface area contributed by atoms with Crippen LogP contribution in [0.3, 0.4) is 0 Å². The first-order chi connectivity index (χ1) is 18.7. The van der Waals surface area contributed by atoms with Crippen LogP contribution in [0.5, 0.6) is 0 Å². The van der Waals surface area contributed by atoms with Gasteiger partial charge in [-0.3, -0.25) is 4.79 Å². The zero-order valence-corrected chi connectivity index (χ0v) is 21.6. The van der Waals surface area contributed by atoms with Crippen LogP contribution in [0, 0.1) is 0 Å². The number of piperidine rings is 1. The third-order valence-corrected chi connectivity index (χ3v) is 8.53. The zero-order valence-electron chi connectivity index (χ0n) is 21.6. The minimum absolute atomic E-state index is 0.0449. The Balaban J connectivity index is 1.19. The topological polar surface area (TPSA) is 62.5 Å². The molecule has 7 rings (SSSR count). The third-order valence-electron chi connectivity index (χ3n) is 8.53. The van der Waals surface area contributed by atoms with Crippen LogP contribution in [-0.4, -0.2) is 44.5 Å². The van der Waals surface area contributed by atoms with E-state index in [9.17, 15) is 4.79 Å². The van der Waals surface area contributed by atoms with E-state index in [-0.39, 0.29) is 5.91 Å². The monoisotopic (exact) mass is 503 g/mol. The fraction of sp³-hybridized carbons (Fsp3) is 0.344. The van der Waals surface area contributed by atoms with Gasteiger partial charge in [-0.15, -0.1) is 0 Å². The van der Waals surface area contributed by atoms with E-state index in [0.717, 1.165) is 66.9 Å². The summed E-state index contributed by atoms with van der Waals surface area (Å²) < 4.78 is 2.05. The molecule has 0 spiro atoms. The molecule has 1 N–H and O–H groups in total. The number of rotatable bonds is 6. The molecule has 1 atom stereocenters. The first kappa shape index (κ1) is 23.4. The number of carbonyl (C=O) groups excluding carboxylic acids is 1. The van der Waals surface area contributed by atoms with Crippen molar-refractivity contribution in [3.63, 3.8) is 0 Å². The van der Waals surface area contributed by atoms with Crippen molar-refractivity contribution in [2.24, 2.45) is 0 Å². The summed E-state index contributed by atoms with van der Waals surface area (Å²) in [6.45, 7) is 5.22. The molecule has 1 saturated heterocycles. The summed E-state index contributed by atoms with van der Waals surface area (Å²) in [6.07, 6.45) is 9.97. The van der Waals surface area contributed by atoms with E-state index in [0.29, 0.717) is 18.0 Å². The summed E-state index contributed by atoms with van der Waals surface area (Å²) in [6, 6.07) is 20.4. The highest BCUT2D eigenvalue weighted by Gasteiger charge is 2.30. The second-order valence-corrected chi connectivity index (χ2v) is 10.9. The van der Waals surface area contributed by atoms with Crippen LogP contribution in [0.2, 0.25) is 0 Å². The van der Waals surface area contributed by atoms with Gasteiger partial charge in [0.15, 0.2) is 5.65 Å². The lowest BCUT2D eigenvalue weighted by Gasteiger charge is -2.33. The molecule has 1 aliphatic heterocycles. The second kappa shape index (κ2) is 9.52. The molecule has 2 aliphatic carbocycles. The number of nitrogens with one attached hydrogen (secondary N) is 1. The molecule has 2 fully saturated rings. The molecular formula is C32H33N5O. The first-order valence-electron chi connectivity index (χ1n) is 13.9. The Morgan fingerprint density at radius 3 is 2.53 bits per heavy atom. The van der Waals surface area contributed by atoms with Crippen LogP contribution in [0.4, 0.5) is 0 Å². The van der Waals surface area contributed by atoms with Gasteiger partial charge in [-0.1, -0.05) is 49.0 Å². The van der Waals surface area contributed by atoms with Gasteiger partial charge in [-0.25, -0.2) is 9.50 Å². The maximum Gasteiger partial charge on any atom is 0.245 e. The molecule has 6 heteroatoms. The number of fused-ring (bicyclic) bond motifs is 2. The summed E-state index contributed by atoms with van der Waals surface area (Å²) in [5, 5.41) is 8.66. The fourth-order valence-corrected chi connectivity index (χ4v) is 6.35. The van der Waals surface area contributed by atoms with Gasteiger partial charge in [0, 0.05) is 48.1 Å². The van der Waals surface area contributed by atoms with Crippen molar-refractivity contribution in [3.8, 4) is 22.5 Å². The second-order valence-electron chi connectivity index (χ2n) is 10.9. The molecule has 2 aromatic carbocycles. The molecule has 0 radical (unpaired) electrons. The number of nitrogens with zero attached hydrogens (tertiary/aromatic N) is 4. The van der Waals surface area contributed by atoms with Gasteiger partial charge in [0.05, 0.1) is 5.69 Å². The van der Waals surface area contributed by atoms with Crippen LogP contribution < -0.4 is 5.32 Å². The Labute approximate surface area is 223 Å². The lowest BCUT2D eigenvalue weighted by atomic mass is 9.99. The van der Waals surface area contributed by atoms with E-state index in [4.69, 9.17) is 10.1 Å². The van der Waals surface area contributed by atoms with Gasteiger partial charge in [0.25, 0.3) is 0 Å². The van der Waals surface area contributed by atoms with Crippen LogP contribution in [0.25, 0.3) is 28.2 Å². The average Bonchev–Trinajstić information content (AvgIpc) is 3.63. The van der Waals surface area contributed by atoms with E-state index in [1.165, 1.54) is 35.6 Å². The van der Waals surface area contributed by atoms with E-state index in [1.54, 1.807) is 0 Å². The molecule has 38 heavy (non-hydrogen) atoms. The van der Waals surface area contributed by atoms with E-state index >= 15 is 0 Å². The van der Waals surface area contributed by atoms with Gasteiger partial charge in [0.1, 0.15) is 5.69 Å². The Morgan fingerprint density at radius 2 is 1.76 bits per heavy atom. The molecule has 1 amide bonds. The number of benzene rings is 2. The summed E-state index contributed by atoms with van der Waals surface area (Å²) in [7, 11) is 0. The minimum atomic E-state index is 0.0449. The molecule has 192 valence electrons. The molecule has 0 unspecified atom stereocenters.